The highest BCUT2D eigenvalue weighted by Gasteiger charge is 2.12. The lowest BCUT2D eigenvalue weighted by Crippen LogP contribution is -2.26. The summed E-state index contributed by atoms with van der Waals surface area (Å²) in [5, 5.41) is 8.22. The van der Waals surface area contributed by atoms with Crippen LogP contribution in [0.1, 0.15) is 19.8 Å². The van der Waals surface area contributed by atoms with Gasteiger partial charge in [0.15, 0.2) is 0 Å². The number of nitrogens with zero attached hydrogens (tertiary/aromatic N) is 1. The molecule has 4 nitrogen and oxygen atoms in total. The summed E-state index contributed by atoms with van der Waals surface area (Å²) in [5.41, 5.74) is 0. The number of rotatable bonds is 4. The molecule has 64 valence electrons. The normalized spacial score (nSPS) is 9.27. The second kappa shape index (κ2) is 4.96. The van der Waals surface area contributed by atoms with E-state index < -0.39 is 12.5 Å². The molecular weight excluding hydrogens is 170 g/mol. The number of amides is 1. The highest BCUT2D eigenvalue weighted by molar-refractivity contribution is 6.22. The molecule has 0 fully saturated rings. The van der Waals surface area contributed by atoms with E-state index in [1.807, 2.05) is 6.92 Å². The minimum absolute atomic E-state index is 0.288. The van der Waals surface area contributed by atoms with Gasteiger partial charge in [0.2, 0.25) is 5.91 Å². The van der Waals surface area contributed by atoms with Gasteiger partial charge in [-0.15, -0.1) is 0 Å². The highest BCUT2D eigenvalue weighted by atomic mass is 35.5. The quantitative estimate of drug-likeness (QED) is 0.651. The van der Waals surface area contributed by atoms with Crippen molar-refractivity contribution in [2.45, 2.75) is 19.8 Å². The maximum atomic E-state index is 10.8. The molecule has 0 radical (unpaired) electrons. The van der Waals surface area contributed by atoms with Crippen molar-refractivity contribution in [2.75, 3.05) is 6.54 Å². The van der Waals surface area contributed by atoms with Crippen molar-refractivity contribution in [1.29, 1.82) is 0 Å². The van der Waals surface area contributed by atoms with E-state index in [-0.39, 0.29) is 12.3 Å². The van der Waals surface area contributed by atoms with Crippen molar-refractivity contribution in [3.63, 3.8) is 0 Å². The molecule has 1 amide bonds. The molecule has 0 bridgehead atoms. The summed E-state index contributed by atoms with van der Waals surface area (Å²) < 4.78 is 0.686. The number of carbonyl (C=O) groups excluding carboxylic acids is 1. The maximum Gasteiger partial charge on any atom is 0.324 e. The molecule has 0 aromatic heterocycles. The number of carbonyl (C=O) groups is 2. The van der Waals surface area contributed by atoms with Crippen LogP contribution in [0, 0.1) is 0 Å². The van der Waals surface area contributed by atoms with Gasteiger partial charge in [0.05, 0.1) is 0 Å². The fraction of sp³-hybridized carbons (Fsp3) is 0.667. The summed E-state index contributed by atoms with van der Waals surface area (Å²) in [6.45, 7) is 1.38. The first-order valence-corrected chi connectivity index (χ1v) is 3.59. The third-order valence-electron chi connectivity index (χ3n) is 1.01. The van der Waals surface area contributed by atoms with Crippen LogP contribution in [0.5, 0.6) is 0 Å². The summed E-state index contributed by atoms with van der Waals surface area (Å²) in [6.07, 6.45) is 0.957. The van der Waals surface area contributed by atoms with Crippen molar-refractivity contribution in [3.8, 4) is 0 Å². The molecule has 0 aromatic carbocycles. The van der Waals surface area contributed by atoms with E-state index in [2.05, 4.69) is 0 Å². The number of hydrogen-bond acceptors (Lipinski definition) is 2. The molecule has 0 aliphatic carbocycles. The van der Waals surface area contributed by atoms with Gasteiger partial charge in [0.1, 0.15) is 6.54 Å². The van der Waals surface area contributed by atoms with E-state index in [4.69, 9.17) is 16.9 Å². The number of halogens is 1. The molecule has 0 unspecified atom stereocenters. The molecule has 1 N–H and O–H groups in total. The Kier molecular flexibility index (Phi) is 4.61. The standard InChI is InChI=1S/C6H10ClNO3/c1-2-3-5(9)8(7)4-6(10)11/h2-4H2,1H3,(H,10,11). The monoisotopic (exact) mass is 179 g/mol. The first-order chi connectivity index (χ1) is 5.07. The highest BCUT2D eigenvalue weighted by Crippen LogP contribution is 2.00. The third kappa shape index (κ3) is 4.61. The lowest BCUT2D eigenvalue weighted by Gasteiger charge is -2.09. The molecule has 0 rings (SSSR count). The first kappa shape index (κ1) is 10.2. The number of aliphatic carboxylic acids is 1. The van der Waals surface area contributed by atoms with Crippen molar-refractivity contribution in [2.24, 2.45) is 0 Å². The topological polar surface area (TPSA) is 57.6 Å². The number of carboxylic acids is 1. The Labute approximate surface area is 69.9 Å². The van der Waals surface area contributed by atoms with E-state index >= 15 is 0 Å². The van der Waals surface area contributed by atoms with E-state index in [0.717, 1.165) is 0 Å². The zero-order valence-corrected chi connectivity index (χ0v) is 6.97. The summed E-state index contributed by atoms with van der Waals surface area (Å²) >= 11 is 5.31. The molecule has 0 atom stereocenters. The lowest BCUT2D eigenvalue weighted by molar-refractivity contribution is -0.141. The third-order valence-corrected chi connectivity index (χ3v) is 1.32. The predicted molar refractivity (Wildman–Crippen MR) is 40.1 cm³/mol. The fourth-order valence-electron chi connectivity index (χ4n) is 0.542. The van der Waals surface area contributed by atoms with Crippen LogP contribution in [-0.2, 0) is 9.59 Å². The Morgan fingerprint density at radius 1 is 1.55 bits per heavy atom. The molecule has 0 saturated heterocycles. The summed E-state index contributed by atoms with van der Waals surface area (Å²) in [5.74, 6) is -1.46. The minimum atomic E-state index is -1.11. The molecule has 0 aliphatic rings. The molecular formula is C6H10ClNO3. The van der Waals surface area contributed by atoms with Gasteiger partial charge >= 0.3 is 5.97 Å². The average molecular weight is 180 g/mol. The van der Waals surface area contributed by atoms with Gasteiger partial charge in [-0.05, 0) is 6.42 Å². The van der Waals surface area contributed by atoms with Gasteiger partial charge in [0.25, 0.3) is 0 Å². The zero-order chi connectivity index (χ0) is 8.85. The van der Waals surface area contributed by atoms with Crippen molar-refractivity contribution < 1.29 is 14.7 Å². The van der Waals surface area contributed by atoms with E-state index in [9.17, 15) is 9.59 Å². The largest absolute Gasteiger partial charge is 0.480 e. The van der Waals surface area contributed by atoms with E-state index in [0.29, 0.717) is 10.8 Å². The fourth-order valence-corrected chi connectivity index (χ4v) is 0.729. The first-order valence-electron chi connectivity index (χ1n) is 3.25. The Balaban J connectivity index is 3.73. The molecule has 0 aromatic rings. The molecule has 11 heavy (non-hydrogen) atoms. The Bertz CT molecular complexity index is 160. The van der Waals surface area contributed by atoms with Gasteiger partial charge < -0.3 is 5.11 Å². The Morgan fingerprint density at radius 3 is 2.45 bits per heavy atom. The van der Waals surface area contributed by atoms with Gasteiger partial charge in [-0.2, -0.15) is 0 Å². The van der Waals surface area contributed by atoms with Gasteiger partial charge in [0, 0.05) is 18.2 Å². The van der Waals surface area contributed by atoms with Gasteiger partial charge in [-0.3, -0.25) is 9.59 Å². The van der Waals surface area contributed by atoms with Crippen molar-refractivity contribution >= 4 is 23.7 Å². The summed E-state index contributed by atoms with van der Waals surface area (Å²) in [7, 11) is 0. The lowest BCUT2D eigenvalue weighted by atomic mass is 10.3. The molecule has 0 saturated carbocycles. The summed E-state index contributed by atoms with van der Waals surface area (Å²) in [6, 6.07) is 0. The molecule has 0 heterocycles. The Hall–Kier alpha value is -0.770. The van der Waals surface area contributed by atoms with Crippen molar-refractivity contribution in [1.82, 2.24) is 4.42 Å². The van der Waals surface area contributed by atoms with Crippen LogP contribution in [-0.4, -0.2) is 27.9 Å². The maximum absolute atomic E-state index is 10.8. The van der Waals surface area contributed by atoms with Crippen molar-refractivity contribution in [3.05, 3.63) is 0 Å². The van der Waals surface area contributed by atoms with Crippen LogP contribution >= 0.6 is 11.8 Å². The van der Waals surface area contributed by atoms with Crippen LogP contribution in [0.3, 0.4) is 0 Å². The van der Waals surface area contributed by atoms with Gasteiger partial charge in [-0.25, -0.2) is 4.42 Å². The van der Waals surface area contributed by atoms with Crippen LogP contribution in [0.4, 0.5) is 0 Å². The van der Waals surface area contributed by atoms with E-state index in [1.54, 1.807) is 0 Å². The smallest absolute Gasteiger partial charge is 0.324 e. The van der Waals surface area contributed by atoms with Gasteiger partial charge in [-0.1, -0.05) is 6.92 Å². The average Bonchev–Trinajstić information content (AvgIpc) is 1.86. The second-order valence-electron chi connectivity index (χ2n) is 2.06. The van der Waals surface area contributed by atoms with Crippen LogP contribution in [0.2, 0.25) is 0 Å². The molecule has 0 aliphatic heterocycles. The molecule has 0 spiro atoms. The zero-order valence-electron chi connectivity index (χ0n) is 6.21. The minimum Gasteiger partial charge on any atom is -0.480 e. The number of hydrogen-bond donors (Lipinski definition) is 1. The number of carboxylic acid groups (broad SMARTS) is 1. The predicted octanol–water partition coefficient (Wildman–Crippen LogP) is 0.853. The van der Waals surface area contributed by atoms with E-state index in [1.165, 1.54) is 0 Å². The van der Waals surface area contributed by atoms with Crippen LogP contribution in [0.25, 0.3) is 0 Å². The van der Waals surface area contributed by atoms with Crippen LogP contribution < -0.4 is 0 Å². The molecule has 5 heteroatoms. The van der Waals surface area contributed by atoms with Crippen LogP contribution in [0.15, 0.2) is 0 Å². The SMILES string of the molecule is CCCC(=O)N(Cl)CC(=O)O. The summed E-state index contributed by atoms with van der Waals surface area (Å²) in [4.78, 5) is 20.8. The second-order valence-corrected chi connectivity index (χ2v) is 2.47. The Morgan fingerprint density at radius 2 is 2.09 bits per heavy atom.